The molecule has 0 saturated carbocycles. The van der Waals surface area contributed by atoms with E-state index in [1.807, 2.05) is 24.3 Å². The van der Waals surface area contributed by atoms with Gasteiger partial charge in [0.15, 0.2) is 5.58 Å². The number of benzene rings is 2. The summed E-state index contributed by atoms with van der Waals surface area (Å²) >= 11 is 0. The van der Waals surface area contributed by atoms with Gasteiger partial charge in [-0.15, -0.1) is 0 Å². The van der Waals surface area contributed by atoms with E-state index in [1.165, 1.54) is 0 Å². The summed E-state index contributed by atoms with van der Waals surface area (Å²) in [5, 5.41) is 2.58. The molecule has 0 bridgehead atoms. The largest absolute Gasteiger partial charge is 0.496 e. The molecule has 1 N–H and O–H groups in total. The molecular formula is C16H14N2O3. The Kier molecular flexibility index (Phi) is 3.31. The van der Waals surface area contributed by atoms with Gasteiger partial charge in [-0.25, -0.2) is 4.98 Å². The molecule has 21 heavy (non-hydrogen) atoms. The van der Waals surface area contributed by atoms with Crippen molar-refractivity contribution < 1.29 is 13.9 Å². The molecule has 5 heteroatoms. The normalized spacial score (nSPS) is 10.6. The quantitative estimate of drug-likeness (QED) is 0.802. The van der Waals surface area contributed by atoms with Gasteiger partial charge in [-0.05, 0) is 30.3 Å². The minimum absolute atomic E-state index is 0.169. The number of aromatic nitrogens is 1. The van der Waals surface area contributed by atoms with Crippen LogP contribution in [0.15, 0.2) is 46.9 Å². The topological polar surface area (TPSA) is 64.4 Å². The third kappa shape index (κ3) is 2.33. The molecule has 106 valence electrons. The van der Waals surface area contributed by atoms with Gasteiger partial charge in [0.1, 0.15) is 11.3 Å². The highest BCUT2D eigenvalue weighted by Crippen LogP contribution is 2.32. The zero-order chi connectivity index (χ0) is 14.8. The maximum absolute atomic E-state index is 11.7. The Balaban J connectivity index is 2.10. The van der Waals surface area contributed by atoms with E-state index < -0.39 is 0 Å². The summed E-state index contributed by atoms with van der Waals surface area (Å²) in [5.41, 5.74) is 2.73. The zero-order valence-electron chi connectivity index (χ0n) is 11.7. The first-order valence-electron chi connectivity index (χ1n) is 6.49. The van der Waals surface area contributed by atoms with E-state index in [2.05, 4.69) is 10.3 Å². The maximum Gasteiger partial charge on any atom is 0.251 e. The maximum atomic E-state index is 11.7. The number of hydrogen-bond acceptors (Lipinski definition) is 4. The Morgan fingerprint density at radius 3 is 2.76 bits per heavy atom. The second-order valence-electron chi connectivity index (χ2n) is 4.48. The second kappa shape index (κ2) is 5.28. The van der Waals surface area contributed by atoms with E-state index in [9.17, 15) is 4.79 Å². The smallest absolute Gasteiger partial charge is 0.251 e. The van der Waals surface area contributed by atoms with Crippen molar-refractivity contribution in [1.82, 2.24) is 10.3 Å². The predicted octanol–water partition coefficient (Wildman–Crippen LogP) is 2.86. The van der Waals surface area contributed by atoms with Gasteiger partial charge in [0.05, 0.1) is 12.7 Å². The highest BCUT2D eigenvalue weighted by molar-refractivity contribution is 5.95. The number of nitrogens with one attached hydrogen (secondary N) is 1. The first-order valence-corrected chi connectivity index (χ1v) is 6.49. The van der Waals surface area contributed by atoms with Crippen LogP contribution in [0.1, 0.15) is 10.4 Å². The number of carbonyl (C=O) groups is 1. The van der Waals surface area contributed by atoms with Crippen LogP contribution in [0.5, 0.6) is 5.75 Å². The number of oxazole rings is 1. The Hall–Kier alpha value is -2.82. The van der Waals surface area contributed by atoms with Gasteiger partial charge >= 0.3 is 0 Å². The first-order chi connectivity index (χ1) is 10.2. The number of fused-ring (bicyclic) bond motifs is 1. The van der Waals surface area contributed by atoms with Gasteiger partial charge in [0.2, 0.25) is 5.89 Å². The molecule has 0 aliphatic heterocycles. The van der Waals surface area contributed by atoms with Crippen molar-refractivity contribution in [3.63, 3.8) is 0 Å². The van der Waals surface area contributed by atoms with Crippen LogP contribution in [0.4, 0.5) is 0 Å². The van der Waals surface area contributed by atoms with Crippen LogP contribution < -0.4 is 10.1 Å². The number of rotatable bonds is 3. The fourth-order valence-corrected chi connectivity index (χ4v) is 2.14. The lowest BCUT2D eigenvalue weighted by atomic mass is 10.1. The Morgan fingerprint density at radius 1 is 1.24 bits per heavy atom. The molecule has 0 atom stereocenters. The van der Waals surface area contributed by atoms with Gasteiger partial charge in [0, 0.05) is 12.6 Å². The van der Waals surface area contributed by atoms with Crippen molar-refractivity contribution in [3.8, 4) is 17.2 Å². The molecule has 2 aromatic carbocycles. The monoisotopic (exact) mass is 282 g/mol. The summed E-state index contributed by atoms with van der Waals surface area (Å²) in [4.78, 5) is 16.1. The van der Waals surface area contributed by atoms with Gasteiger partial charge in [0.25, 0.3) is 5.91 Å². The molecule has 1 heterocycles. The van der Waals surface area contributed by atoms with Gasteiger partial charge in [-0.2, -0.15) is 0 Å². The molecule has 3 aromatic rings. The van der Waals surface area contributed by atoms with Crippen molar-refractivity contribution in [2.45, 2.75) is 0 Å². The van der Waals surface area contributed by atoms with E-state index in [0.29, 0.717) is 28.4 Å². The Morgan fingerprint density at radius 2 is 2.05 bits per heavy atom. The van der Waals surface area contributed by atoms with Gasteiger partial charge in [-0.3, -0.25) is 4.79 Å². The zero-order valence-corrected chi connectivity index (χ0v) is 11.7. The summed E-state index contributed by atoms with van der Waals surface area (Å²) in [7, 11) is 3.14. The van der Waals surface area contributed by atoms with E-state index in [4.69, 9.17) is 9.15 Å². The van der Waals surface area contributed by atoms with E-state index >= 15 is 0 Å². The minimum Gasteiger partial charge on any atom is -0.496 e. The number of methoxy groups -OCH3 is 1. The summed E-state index contributed by atoms with van der Waals surface area (Å²) < 4.78 is 11.1. The molecule has 5 nitrogen and oxygen atoms in total. The van der Waals surface area contributed by atoms with Crippen LogP contribution >= 0.6 is 0 Å². The van der Waals surface area contributed by atoms with Crippen molar-refractivity contribution in [3.05, 3.63) is 48.0 Å². The Labute approximate surface area is 121 Å². The highest BCUT2D eigenvalue weighted by atomic mass is 16.5. The van der Waals surface area contributed by atoms with E-state index in [-0.39, 0.29) is 5.91 Å². The second-order valence-corrected chi connectivity index (χ2v) is 4.48. The molecule has 0 unspecified atom stereocenters. The van der Waals surface area contributed by atoms with Crippen LogP contribution in [-0.2, 0) is 0 Å². The van der Waals surface area contributed by atoms with Crippen molar-refractivity contribution in [2.24, 2.45) is 0 Å². The fourth-order valence-electron chi connectivity index (χ4n) is 2.14. The predicted molar refractivity (Wildman–Crippen MR) is 79.4 cm³/mol. The fraction of sp³-hybridized carbons (Fsp3) is 0.125. The number of carbonyl (C=O) groups excluding carboxylic acids is 1. The summed E-state index contributed by atoms with van der Waals surface area (Å²) in [6.45, 7) is 0. The number of amides is 1. The van der Waals surface area contributed by atoms with Crippen LogP contribution in [0.2, 0.25) is 0 Å². The third-order valence-corrected chi connectivity index (χ3v) is 3.22. The molecule has 1 amide bonds. The van der Waals surface area contributed by atoms with Crippen molar-refractivity contribution >= 4 is 17.0 Å². The Bertz CT molecular complexity index is 775. The molecular weight excluding hydrogens is 268 g/mol. The molecule has 0 aliphatic rings. The lowest BCUT2D eigenvalue weighted by Gasteiger charge is -2.07. The number of para-hydroxylation sites is 2. The molecule has 0 aliphatic carbocycles. The average molecular weight is 282 g/mol. The molecule has 0 fully saturated rings. The minimum atomic E-state index is -0.169. The number of hydrogen-bond donors (Lipinski definition) is 1. The van der Waals surface area contributed by atoms with Crippen LogP contribution in [0.25, 0.3) is 22.6 Å². The van der Waals surface area contributed by atoms with E-state index in [0.717, 1.165) is 5.52 Å². The third-order valence-electron chi connectivity index (χ3n) is 3.22. The number of ether oxygens (including phenoxy) is 1. The molecule has 0 radical (unpaired) electrons. The SMILES string of the molecule is CNC(=O)c1ccc(-c2nc3ccccc3o2)c(OC)c1. The lowest BCUT2D eigenvalue weighted by molar-refractivity contribution is 0.0963. The molecule has 3 rings (SSSR count). The standard InChI is InChI=1S/C16H14N2O3/c1-17-15(19)10-7-8-11(14(9-10)20-2)16-18-12-5-3-4-6-13(12)21-16/h3-9H,1-2H3,(H,17,19). The van der Waals surface area contributed by atoms with E-state index in [1.54, 1.807) is 32.4 Å². The van der Waals surface area contributed by atoms with Crippen molar-refractivity contribution in [2.75, 3.05) is 14.2 Å². The highest BCUT2D eigenvalue weighted by Gasteiger charge is 2.15. The lowest BCUT2D eigenvalue weighted by Crippen LogP contribution is -2.17. The van der Waals surface area contributed by atoms with Gasteiger partial charge < -0.3 is 14.5 Å². The molecule has 0 saturated heterocycles. The first kappa shape index (κ1) is 13.2. The summed E-state index contributed by atoms with van der Waals surface area (Å²) in [6, 6.07) is 12.7. The average Bonchev–Trinajstić information content (AvgIpc) is 2.97. The van der Waals surface area contributed by atoms with Crippen LogP contribution in [0.3, 0.4) is 0 Å². The summed E-state index contributed by atoms with van der Waals surface area (Å²) in [5.74, 6) is 0.844. The van der Waals surface area contributed by atoms with Crippen molar-refractivity contribution in [1.29, 1.82) is 0 Å². The van der Waals surface area contributed by atoms with Crippen LogP contribution in [0, 0.1) is 0 Å². The summed E-state index contributed by atoms with van der Waals surface area (Å²) in [6.07, 6.45) is 0. The molecule has 1 aromatic heterocycles. The molecule has 0 spiro atoms. The number of nitrogens with zero attached hydrogens (tertiary/aromatic N) is 1. The van der Waals surface area contributed by atoms with Gasteiger partial charge in [-0.1, -0.05) is 12.1 Å². The van der Waals surface area contributed by atoms with Crippen LogP contribution in [-0.4, -0.2) is 25.0 Å².